The Hall–Kier alpha value is -1.53. The van der Waals surface area contributed by atoms with E-state index in [4.69, 9.17) is 12.2 Å². The largest absolute Gasteiger partial charge is 0.346 e. The standard InChI is InChI=1S/C11H15N3/c1-3-7-14(4-2)11-6-5-10(8-12)9-13-11/h1,5-6,9H,4,7-8,12H2,2H3. The van der Waals surface area contributed by atoms with Gasteiger partial charge in [0.2, 0.25) is 0 Å². The quantitative estimate of drug-likeness (QED) is 0.718. The maximum Gasteiger partial charge on any atom is 0.129 e. The van der Waals surface area contributed by atoms with Gasteiger partial charge in [-0.1, -0.05) is 12.0 Å². The fourth-order valence-corrected chi connectivity index (χ4v) is 1.19. The molecule has 0 amide bonds. The molecule has 14 heavy (non-hydrogen) atoms. The number of pyridine rings is 1. The second kappa shape index (κ2) is 5.25. The van der Waals surface area contributed by atoms with Gasteiger partial charge in [-0.15, -0.1) is 6.42 Å². The van der Waals surface area contributed by atoms with E-state index in [1.807, 2.05) is 17.0 Å². The van der Waals surface area contributed by atoms with Crippen molar-refractivity contribution in [2.24, 2.45) is 5.73 Å². The van der Waals surface area contributed by atoms with Gasteiger partial charge in [0.05, 0.1) is 6.54 Å². The fourth-order valence-electron chi connectivity index (χ4n) is 1.19. The van der Waals surface area contributed by atoms with Gasteiger partial charge in [0, 0.05) is 19.3 Å². The van der Waals surface area contributed by atoms with Crippen LogP contribution in [-0.4, -0.2) is 18.1 Å². The maximum atomic E-state index is 5.48. The average molecular weight is 189 g/mol. The number of aromatic nitrogens is 1. The van der Waals surface area contributed by atoms with Gasteiger partial charge in [0.15, 0.2) is 0 Å². The lowest BCUT2D eigenvalue weighted by Crippen LogP contribution is -2.23. The molecule has 0 aliphatic carbocycles. The van der Waals surface area contributed by atoms with Crippen LogP contribution in [-0.2, 0) is 6.54 Å². The Morgan fingerprint density at radius 3 is 2.79 bits per heavy atom. The molecule has 0 aliphatic rings. The Labute approximate surface area is 84.9 Å². The molecule has 0 unspecified atom stereocenters. The van der Waals surface area contributed by atoms with E-state index in [0.29, 0.717) is 13.1 Å². The molecule has 3 heteroatoms. The van der Waals surface area contributed by atoms with E-state index in [-0.39, 0.29) is 0 Å². The smallest absolute Gasteiger partial charge is 0.129 e. The zero-order chi connectivity index (χ0) is 10.4. The third kappa shape index (κ3) is 2.48. The zero-order valence-electron chi connectivity index (χ0n) is 8.40. The summed E-state index contributed by atoms with van der Waals surface area (Å²) in [5.74, 6) is 3.51. The Bertz CT molecular complexity index is 310. The van der Waals surface area contributed by atoms with Crippen LogP contribution in [0.25, 0.3) is 0 Å². The lowest BCUT2D eigenvalue weighted by Gasteiger charge is -2.18. The molecule has 0 radical (unpaired) electrons. The van der Waals surface area contributed by atoms with Crippen LogP contribution in [0, 0.1) is 12.3 Å². The van der Waals surface area contributed by atoms with E-state index in [1.165, 1.54) is 0 Å². The Kier molecular flexibility index (Phi) is 3.96. The first kappa shape index (κ1) is 10.6. The zero-order valence-corrected chi connectivity index (χ0v) is 8.40. The van der Waals surface area contributed by atoms with Crippen LogP contribution in [0.5, 0.6) is 0 Å². The highest BCUT2D eigenvalue weighted by Gasteiger charge is 2.02. The topological polar surface area (TPSA) is 42.1 Å². The van der Waals surface area contributed by atoms with Crippen LogP contribution in [0.3, 0.4) is 0 Å². The summed E-state index contributed by atoms with van der Waals surface area (Å²) >= 11 is 0. The number of nitrogens with two attached hydrogens (primary N) is 1. The predicted molar refractivity (Wildman–Crippen MR) is 58.8 cm³/mol. The van der Waals surface area contributed by atoms with Gasteiger partial charge in [-0.25, -0.2) is 4.98 Å². The van der Waals surface area contributed by atoms with Crippen LogP contribution in [0.2, 0.25) is 0 Å². The molecule has 0 aromatic carbocycles. The average Bonchev–Trinajstić information content (AvgIpc) is 2.26. The Balaban J connectivity index is 2.79. The molecule has 0 spiro atoms. The summed E-state index contributed by atoms with van der Waals surface area (Å²) < 4.78 is 0. The van der Waals surface area contributed by atoms with Crippen molar-refractivity contribution in [3.63, 3.8) is 0 Å². The lowest BCUT2D eigenvalue weighted by atomic mass is 10.3. The van der Waals surface area contributed by atoms with E-state index >= 15 is 0 Å². The molecule has 0 saturated heterocycles. The number of terminal acetylenes is 1. The van der Waals surface area contributed by atoms with Crippen LogP contribution in [0.15, 0.2) is 18.3 Å². The minimum atomic E-state index is 0.522. The first-order valence-electron chi connectivity index (χ1n) is 4.65. The van der Waals surface area contributed by atoms with Gasteiger partial charge in [0.25, 0.3) is 0 Å². The van der Waals surface area contributed by atoms with Crippen LogP contribution in [0.4, 0.5) is 5.82 Å². The van der Waals surface area contributed by atoms with E-state index in [1.54, 1.807) is 6.20 Å². The number of anilines is 1. The molecular formula is C11H15N3. The van der Waals surface area contributed by atoms with Gasteiger partial charge in [0.1, 0.15) is 5.82 Å². The molecule has 1 aromatic rings. The van der Waals surface area contributed by atoms with E-state index in [0.717, 1.165) is 17.9 Å². The predicted octanol–water partition coefficient (Wildman–Crippen LogP) is 1.000. The molecule has 1 heterocycles. The molecule has 2 N–H and O–H groups in total. The van der Waals surface area contributed by atoms with E-state index in [2.05, 4.69) is 17.8 Å². The SMILES string of the molecule is C#CCN(CC)c1ccc(CN)cn1. The second-order valence-corrected chi connectivity index (χ2v) is 2.95. The summed E-state index contributed by atoms with van der Waals surface area (Å²) in [5.41, 5.74) is 6.51. The molecule has 1 rings (SSSR count). The van der Waals surface area contributed by atoms with Crippen LogP contribution < -0.4 is 10.6 Å². The first-order valence-corrected chi connectivity index (χ1v) is 4.65. The van der Waals surface area contributed by atoms with Gasteiger partial charge in [-0.05, 0) is 18.6 Å². The molecule has 3 nitrogen and oxygen atoms in total. The van der Waals surface area contributed by atoms with Gasteiger partial charge < -0.3 is 10.6 Å². The van der Waals surface area contributed by atoms with Gasteiger partial charge >= 0.3 is 0 Å². The minimum Gasteiger partial charge on any atom is -0.346 e. The Morgan fingerprint density at radius 1 is 1.57 bits per heavy atom. The molecule has 0 saturated carbocycles. The third-order valence-electron chi connectivity index (χ3n) is 2.03. The summed E-state index contributed by atoms with van der Waals surface area (Å²) in [4.78, 5) is 6.32. The van der Waals surface area contributed by atoms with Crippen molar-refractivity contribution < 1.29 is 0 Å². The first-order chi connectivity index (χ1) is 6.81. The summed E-state index contributed by atoms with van der Waals surface area (Å²) in [5, 5.41) is 0. The minimum absolute atomic E-state index is 0.522. The van der Waals surface area contributed by atoms with Crippen molar-refractivity contribution >= 4 is 5.82 Å². The van der Waals surface area contributed by atoms with E-state index < -0.39 is 0 Å². The number of nitrogens with zero attached hydrogens (tertiary/aromatic N) is 2. The number of hydrogen-bond donors (Lipinski definition) is 1. The highest BCUT2D eigenvalue weighted by Crippen LogP contribution is 2.10. The monoisotopic (exact) mass is 189 g/mol. The normalized spacial score (nSPS) is 9.50. The van der Waals surface area contributed by atoms with Crippen molar-refractivity contribution in [2.45, 2.75) is 13.5 Å². The summed E-state index contributed by atoms with van der Waals surface area (Å²) in [6, 6.07) is 3.92. The van der Waals surface area contributed by atoms with Gasteiger partial charge in [-0.3, -0.25) is 0 Å². The summed E-state index contributed by atoms with van der Waals surface area (Å²) in [6.45, 7) is 4.02. The molecule has 0 fully saturated rings. The number of hydrogen-bond acceptors (Lipinski definition) is 3. The molecule has 1 aromatic heterocycles. The summed E-state index contributed by atoms with van der Waals surface area (Å²) in [7, 11) is 0. The van der Waals surface area contributed by atoms with Crippen molar-refractivity contribution in [2.75, 3.05) is 18.0 Å². The van der Waals surface area contributed by atoms with Crippen LogP contribution in [0.1, 0.15) is 12.5 Å². The van der Waals surface area contributed by atoms with E-state index in [9.17, 15) is 0 Å². The van der Waals surface area contributed by atoms with Crippen molar-refractivity contribution in [1.29, 1.82) is 0 Å². The maximum absolute atomic E-state index is 5.48. The summed E-state index contributed by atoms with van der Waals surface area (Å²) in [6.07, 6.45) is 7.05. The molecule has 74 valence electrons. The molecule has 0 atom stereocenters. The Morgan fingerprint density at radius 2 is 2.36 bits per heavy atom. The van der Waals surface area contributed by atoms with Crippen molar-refractivity contribution in [3.8, 4) is 12.3 Å². The number of rotatable bonds is 4. The van der Waals surface area contributed by atoms with Crippen LogP contribution >= 0.6 is 0 Å². The second-order valence-electron chi connectivity index (χ2n) is 2.95. The van der Waals surface area contributed by atoms with Crippen molar-refractivity contribution in [3.05, 3.63) is 23.9 Å². The molecule has 0 bridgehead atoms. The fraction of sp³-hybridized carbons (Fsp3) is 0.364. The third-order valence-corrected chi connectivity index (χ3v) is 2.03. The molecule has 0 aliphatic heterocycles. The van der Waals surface area contributed by atoms with Gasteiger partial charge in [-0.2, -0.15) is 0 Å². The highest BCUT2D eigenvalue weighted by molar-refractivity contribution is 5.40. The molecular weight excluding hydrogens is 174 g/mol. The lowest BCUT2D eigenvalue weighted by molar-refractivity contribution is 0.888. The van der Waals surface area contributed by atoms with Crippen molar-refractivity contribution in [1.82, 2.24) is 4.98 Å². The highest BCUT2D eigenvalue weighted by atomic mass is 15.2.